The lowest BCUT2D eigenvalue weighted by Gasteiger charge is -2.23. The van der Waals surface area contributed by atoms with Crippen LogP contribution in [0.1, 0.15) is 27.7 Å². The highest BCUT2D eigenvalue weighted by atomic mass is 35.5. The highest BCUT2D eigenvalue weighted by Gasteiger charge is 2.10. The second kappa shape index (κ2) is 8.51. The largest absolute Gasteiger partial charge is 0.311 e. The summed E-state index contributed by atoms with van der Waals surface area (Å²) in [7, 11) is 0. The second-order valence-electron chi connectivity index (χ2n) is 3.99. The summed E-state index contributed by atoms with van der Waals surface area (Å²) in [5, 5.41) is 3.49. The summed E-state index contributed by atoms with van der Waals surface area (Å²) in [5.41, 5.74) is 0. The molecule has 0 aliphatic heterocycles. The minimum absolute atomic E-state index is 0.451. The Morgan fingerprint density at radius 3 is 2.14 bits per heavy atom. The van der Waals surface area contributed by atoms with Gasteiger partial charge < -0.3 is 10.2 Å². The molecule has 1 atom stereocenters. The number of alkyl halides is 1. The standard InChI is InChI=1S/C11H25ClN2/c1-5-14(6-2)8-7-13-11(9-12)10(3)4/h10-11,13H,5-9H2,1-4H3. The average molecular weight is 221 g/mol. The van der Waals surface area contributed by atoms with Gasteiger partial charge in [0, 0.05) is 25.0 Å². The first kappa shape index (κ1) is 14.2. The maximum atomic E-state index is 5.87. The Labute approximate surface area is 94.0 Å². The molecule has 0 saturated carbocycles. The van der Waals surface area contributed by atoms with E-state index in [1.807, 2.05) is 0 Å². The van der Waals surface area contributed by atoms with Gasteiger partial charge in [0.05, 0.1) is 0 Å². The topological polar surface area (TPSA) is 15.3 Å². The van der Waals surface area contributed by atoms with Crippen LogP contribution < -0.4 is 5.32 Å². The van der Waals surface area contributed by atoms with Crippen LogP contribution in [-0.2, 0) is 0 Å². The molecular formula is C11H25ClN2. The van der Waals surface area contributed by atoms with Gasteiger partial charge in [-0.05, 0) is 19.0 Å². The Bertz CT molecular complexity index is 124. The van der Waals surface area contributed by atoms with E-state index in [0.29, 0.717) is 17.8 Å². The molecule has 1 N–H and O–H groups in total. The number of nitrogens with zero attached hydrogens (tertiary/aromatic N) is 1. The zero-order valence-electron chi connectivity index (χ0n) is 10.0. The van der Waals surface area contributed by atoms with Gasteiger partial charge in [0.15, 0.2) is 0 Å². The fourth-order valence-corrected chi connectivity index (χ4v) is 1.88. The van der Waals surface area contributed by atoms with E-state index in [-0.39, 0.29) is 0 Å². The third-order valence-electron chi connectivity index (χ3n) is 2.70. The van der Waals surface area contributed by atoms with Gasteiger partial charge in [-0.1, -0.05) is 27.7 Å². The molecule has 3 heteroatoms. The molecule has 0 heterocycles. The summed E-state index contributed by atoms with van der Waals surface area (Å²) in [5.74, 6) is 1.32. The zero-order chi connectivity index (χ0) is 11.0. The van der Waals surface area contributed by atoms with Gasteiger partial charge in [-0.3, -0.25) is 0 Å². The van der Waals surface area contributed by atoms with E-state index in [4.69, 9.17) is 11.6 Å². The highest BCUT2D eigenvalue weighted by molar-refractivity contribution is 6.18. The van der Waals surface area contributed by atoms with Gasteiger partial charge in [0.1, 0.15) is 0 Å². The molecule has 14 heavy (non-hydrogen) atoms. The van der Waals surface area contributed by atoms with Gasteiger partial charge in [0.2, 0.25) is 0 Å². The maximum Gasteiger partial charge on any atom is 0.0379 e. The number of hydrogen-bond donors (Lipinski definition) is 1. The first-order valence-corrected chi connectivity index (χ1v) is 6.20. The van der Waals surface area contributed by atoms with Crippen molar-refractivity contribution in [2.45, 2.75) is 33.7 Å². The molecule has 86 valence electrons. The lowest BCUT2D eigenvalue weighted by atomic mass is 10.1. The predicted molar refractivity (Wildman–Crippen MR) is 65.1 cm³/mol. The normalized spacial score (nSPS) is 13.9. The Morgan fingerprint density at radius 1 is 1.21 bits per heavy atom. The minimum atomic E-state index is 0.451. The van der Waals surface area contributed by atoms with Crippen LogP contribution in [0, 0.1) is 5.92 Å². The van der Waals surface area contributed by atoms with E-state index in [1.54, 1.807) is 0 Å². The van der Waals surface area contributed by atoms with Gasteiger partial charge in [-0.25, -0.2) is 0 Å². The van der Waals surface area contributed by atoms with E-state index in [1.165, 1.54) is 0 Å². The summed E-state index contributed by atoms with van der Waals surface area (Å²) in [6.45, 7) is 13.2. The molecule has 0 amide bonds. The van der Waals surface area contributed by atoms with Crippen molar-refractivity contribution in [2.75, 3.05) is 32.1 Å². The molecule has 0 radical (unpaired) electrons. The molecule has 0 aliphatic rings. The van der Waals surface area contributed by atoms with Crippen LogP contribution in [0.4, 0.5) is 0 Å². The molecule has 0 bridgehead atoms. The second-order valence-corrected chi connectivity index (χ2v) is 4.29. The van der Waals surface area contributed by atoms with Crippen LogP contribution in [-0.4, -0.2) is 43.0 Å². The van der Waals surface area contributed by atoms with Gasteiger partial charge in [-0.2, -0.15) is 0 Å². The van der Waals surface area contributed by atoms with Crippen LogP contribution in [0.3, 0.4) is 0 Å². The van der Waals surface area contributed by atoms with Crippen molar-refractivity contribution in [3.8, 4) is 0 Å². The summed E-state index contributed by atoms with van der Waals surface area (Å²) in [6, 6.07) is 0.451. The first-order chi connectivity index (χ1) is 6.65. The Balaban J connectivity index is 3.59. The van der Waals surface area contributed by atoms with Crippen molar-refractivity contribution >= 4 is 11.6 Å². The number of rotatable bonds is 8. The first-order valence-electron chi connectivity index (χ1n) is 5.67. The number of hydrogen-bond acceptors (Lipinski definition) is 2. The van der Waals surface area contributed by atoms with Crippen LogP contribution in [0.25, 0.3) is 0 Å². The van der Waals surface area contributed by atoms with E-state index in [0.717, 1.165) is 26.2 Å². The lowest BCUT2D eigenvalue weighted by molar-refractivity contribution is 0.291. The van der Waals surface area contributed by atoms with Crippen molar-refractivity contribution < 1.29 is 0 Å². The third-order valence-corrected chi connectivity index (χ3v) is 3.03. The van der Waals surface area contributed by atoms with E-state index in [9.17, 15) is 0 Å². The molecule has 1 unspecified atom stereocenters. The summed E-state index contributed by atoms with van der Waals surface area (Å²) in [6.07, 6.45) is 0. The third kappa shape index (κ3) is 5.84. The number of halogens is 1. The monoisotopic (exact) mass is 220 g/mol. The molecule has 0 aliphatic carbocycles. The molecule has 2 nitrogen and oxygen atoms in total. The quantitative estimate of drug-likeness (QED) is 0.631. The molecule has 0 aromatic heterocycles. The van der Waals surface area contributed by atoms with Crippen LogP contribution in [0.2, 0.25) is 0 Å². The molecule has 0 rings (SSSR count). The molecular weight excluding hydrogens is 196 g/mol. The SMILES string of the molecule is CCN(CC)CCNC(CCl)C(C)C. The molecule has 0 spiro atoms. The smallest absolute Gasteiger partial charge is 0.0379 e. The lowest BCUT2D eigenvalue weighted by Crippen LogP contribution is -2.40. The Kier molecular flexibility index (Phi) is 8.64. The van der Waals surface area contributed by atoms with Gasteiger partial charge >= 0.3 is 0 Å². The zero-order valence-corrected chi connectivity index (χ0v) is 10.8. The highest BCUT2D eigenvalue weighted by Crippen LogP contribution is 2.02. The average Bonchev–Trinajstić information content (AvgIpc) is 2.18. The van der Waals surface area contributed by atoms with Crippen molar-refractivity contribution in [3.63, 3.8) is 0 Å². The van der Waals surface area contributed by atoms with Gasteiger partial charge in [0.25, 0.3) is 0 Å². The minimum Gasteiger partial charge on any atom is -0.311 e. The Morgan fingerprint density at radius 2 is 1.79 bits per heavy atom. The Hall–Kier alpha value is 0.210. The summed E-state index contributed by atoms with van der Waals surface area (Å²) < 4.78 is 0. The predicted octanol–water partition coefficient (Wildman–Crippen LogP) is 2.18. The summed E-state index contributed by atoms with van der Waals surface area (Å²) in [4.78, 5) is 2.42. The van der Waals surface area contributed by atoms with Crippen molar-refractivity contribution in [1.82, 2.24) is 10.2 Å². The van der Waals surface area contributed by atoms with Crippen molar-refractivity contribution in [3.05, 3.63) is 0 Å². The number of likely N-dealkylation sites (N-methyl/N-ethyl adjacent to an activating group) is 1. The summed E-state index contributed by atoms with van der Waals surface area (Å²) >= 11 is 5.87. The van der Waals surface area contributed by atoms with Crippen LogP contribution in [0.15, 0.2) is 0 Å². The molecule has 0 fully saturated rings. The van der Waals surface area contributed by atoms with Crippen molar-refractivity contribution in [1.29, 1.82) is 0 Å². The van der Waals surface area contributed by atoms with Crippen LogP contribution >= 0.6 is 11.6 Å². The fraction of sp³-hybridized carbons (Fsp3) is 1.00. The number of nitrogens with one attached hydrogen (secondary N) is 1. The van der Waals surface area contributed by atoms with E-state index < -0.39 is 0 Å². The van der Waals surface area contributed by atoms with E-state index in [2.05, 4.69) is 37.9 Å². The molecule has 0 saturated heterocycles. The molecule has 0 aromatic carbocycles. The van der Waals surface area contributed by atoms with Crippen molar-refractivity contribution in [2.24, 2.45) is 5.92 Å². The van der Waals surface area contributed by atoms with Crippen LogP contribution in [0.5, 0.6) is 0 Å². The van der Waals surface area contributed by atoms with Gasteiger partial charge in [-0.15, -0.1) is 11.6 Å². The maximum absolute atomic E-state index is 5.87. The molecule has 0 aromatic rings. The fourth-order valence-electron chi connectivity index (χ4n) is 1.42. The van der Waals surface area contributed by atoms with E-state index >= 15 is 0 Å².